The lowest BCUT2D eigenvalue weighted by Gasteiger charge is -2.07. The van der Waals surface area contributed by atoms with Gasteiger partial charge >= 0.3 is 5.97 Å². The Morgan fingerprint density at radius 3 is 1.70 bits per heavy atom. The molecule has 0 fully saturated rings. The highest BCUT2D eigenvalue weighted by Crippen LogP contribution is 2.04. The van der Waals surface area contributed by atoms with Crippen molar-refractivity contribution in [1.82, 2.24) is 0 Å². The fourth-order valence-electron chi connectivity index (χ4n) is 1.86. The molecule has 0 aliphatic carbocycles. The van der Waals surface area contributed by atoms with E-state index in [1.54, 1.807) is 0 Å². The van der Waals surface area contributed by atoms with Crippen LogP contribution in [0.5, 0.6) is 0 Å². The summed E-state index contributed by atoms with van der Waals surface area (Å²) in [6.07, 6.45) is 7.68. The maximum atomic E-state index is 10.8. The van der Waals surface area contributed by atoms with Crippen LogP contribution in [0, 0.1) is 0 Å². The molecular weight excluding hydrogens is 300 g/mol. The van der Waals surface area contributed by atoms with E-state index in [4.69, 9.17) is 18.9 Å². The minimum Gasteiger partial charge on any atom is -0.467 e. The van der Waals surface area contributed by atoms with Crippen molar-refractivity contribution < 1.29 is 28.5 Å². The second-order valence-corrected chi connectivity index (χ2v) is 5.23. The van der Waals surface area contributed by atoms with E-state index in [2.05, 4.69) is 11.7 Å². The fourth-order valence-corrected chi connectivity index (χ4v) is 1.86. The van der Waals surface area contributed by atoms with Crippen LogP contribution in [0.3, 0.4) is 0 Å². The van der Waals surface area contributed by atoms with E-state index in [9.17, 15) is 4.79 Å². The smallest absolute Gasteiger partial charge is 0.331 e. The average molecular weight is 334 g/mol. The zero-order valence-electron chi connectivity index (χ0n) is 14.8. The summed E-state index contributed by atoms with van der Waals surface area (Å²) in [5.74, 6) is -0.380. The van der Waals surface area contributed by atoms with Crippen molar-refractivity contribution >= 4 is 5.97 Å². The zero-order valence-corrected chi connectivity index (χ0v) is 14.8. The predicted molar refractivity (Wildman–Crippen MR) is 88.7 cm³/mol. The summed E-state index contributed by atoms with van der Waals surface area (Å²) < 4.78 is 25.7. The molecule has 0 aromatic heterocycles. The van der Waals surface area contributed by atoms with Crippen LogP contribution in [0.25, 0.3) is 0 Å². The van der Waals surface area contributed by atoms with Gasteiger partial charge in [0, 0.05) is 6.61 Å². The number of rotatable bonds is 18. The molecule has 0 aromatic rings. The third kappa shape index (κ3) is 19.3. The molecule has 0 aliphatic heterocycles. The molecule has 0 aliphatic rings. The van der Waals surface area contributed by atoms with Gasteiger partial charge in [-0.1, -0.05) is 39.0 Å². The van der Waals surface area contributed by atoms with Crippen molar-refractivity contribution in [3.05, 3.63) is 0 Å². The van der Waals surface area contributed by atoms with E-state index in [1.807, 2.05) is 0 Å². The lowest BCUT2D eigenvalue weighted by Crippen LogP contribution is -2.15. The molecular formula is C17H34O6. The summed E-state index contributed by atoms with van der Waals surface area (Å²) in [4.78, 5) is 10.8. The lowest BCUT2D eigenvalue weighted by atomic mass is 10.1. The van der Waals surface area contributed by atoms with Crippen molar-refractivity contribution in [2.24, 2.45) is 0 Å². The molecule has 0 spiro atoms. The minimum atomic E-state index is -0.380. The van der Waals surface area contributed by atoms with Gasteiger partial charge in [-0.25, -0.2) is 4.79 Å². The van der Waals surface area contributed by atoms with Crippen LogP contribution in [0.1, 0.15) is 45.4 Å². The summed E-state index contributed by atoms with van der Waals surface area (Å²) in [5, 5.41) is 0. The summed E-state index contributed by atoms with van der Waals surface area (Å²) >= 11 is 0. The molecule has 0 bridgehead atoms. The standard InChI is InChI=1S/C17H34O6/c1-3-4-5-6-7-8-9-20-10-11-21-12-13-22-14-15-23-16-17(18)19-2/h3-16H2,1-2H3. The largest absolute Gasteiger partial charge is 0.467 e. The van der Waals surface area contributed by atoms with Gasteiger partial charge in [-0.3, -0.25) is 0 Å². The van der Waals surface area contributed by atoms with Crippen molar-refractivity contribution in [3.63, 3.8) is 0 Å². The van der Waals surface area contributed by atoms with E-state index >= 15 is 0 Å². The van der Waals surface area contributed by atoms with Gasteiger partial charge in [0.25, 0.3) is 0 Å². The summed E-state index contributed by atoms with van der Waals surface area (Å²) in [6.45, 7) is 6.11. The molecule has 0 N–H and O–H groups in total. The molecule has 0 radical (unpaired) electrons. The van der Waals surface area contributed by atoms with Gasteiger partial charge in [0.2, 0.25) is 0 Å². The fraction of sp³-hybridized carbons (Fsp3) is 0.941. The van der Waals surface area contributed by atoms with Gasteiger partial charge < -0.3 is 23.7 Å². The lowest BCUT2D eigenvalue weighted by molar-refractivity contribution is -0.146. The first-order chi connectivity index (χ1) is 11.3. The third-order valence-electron chi connectivity index (χ3n) is 3.21. The summed E-state index contributed by atoms with van der Waals surface area (Å²) in [6, 6.07) is 0. The maximum Gasteiger partial charge on any atom is 0.331 e. The zero-order chi connectivity index (χ0) is 17.0. The van der Waals surface area contributed by atoms with Crippen LogP contribution in [-0.4, -0.2) is 65.9 Å². The van der Waals surface area contributed by atoms with Gasteiger partial charge in [0.1, 0.15) is 6.61 Å². The Labute approximate surface area is 140 Å². The molecule has 0 rings (SSSR count). The highest BCUT2D eigenvalue weighted by Gasteiger charge is 1.98. The van der Waals surface area contributed by atoms with Crippen LogP contribution in [0.2, 0.25) is 0 Å². The van der Waals surface area contributed by atoms with Crippen molar-refractivity contribution in [2.75, 3.05) is 60.0 Å². The maximum absolute atomic E-state index is 10.8. The average Bonchev–Trinajstić information content (AvgIpc) is 2.57. The minimum absolute atomic E-state index is 0.0354. The molecule has 0 heterocycles. The molecule has 0 atom stereocenters. The first-order valence-corrected chi connectivity index (χ1v) is 8.69. The summed E-state index contributed by atoms with van der Waals surface area (Å²) in [7, 11) is 1.33. The molecule has 0 aromatic carbocycles. The second-order valence-electron chi connectivity index (χ2n) is 5.23. The van der Waals surface area contributed by atoms with E-state index in [1.165, 1.54) is 39.2 Å². The first kappa shape index (κ1) is 22.3. The van der Waals surface area contributed by atoms with Gasteiger partial charge in [0.15, 0.2) is 0 Å². The third-order valence-corrected chi connectivity index (χ3v) is 3.21. The highest BCUT2D eigenvalue weighted by molar-refractivity contribution is 5.70. The monoisotopic (exact) mass is 334 g/mol. The molecule has 0 unspecified atom stereocenters. The molecule has 0 amide bonds. The Kier molecular flexibility index (Phi) is 18.8. The topological polar surface area (TPSA) is 63.2 Å². The molecule has 138 valence electrons. The number of hydrogen-bond acceptors (Lipinski definition) is 6. The van der Waals surface area contributed by atoms with Gasteiger partial charge in [-0.2, -0.15) is 0 Å². The normalized spacial score (nSPS) is 10.9. The highest BCUT2D eigenvalue weighted by atomic mass is 16.6. The summed E-state index contributed by atoms with van der Waals surface area (Å²) in [5.41, 5.74) is 0. The molecule has 6 heteroatoms. The first-order valence-electron chi connectivity index (χ1n) is 8.69. The SMILES string of the molecule is CCCCCCCCOCCOCCOCCOCC(=O)OC. The van der Waals surface area contributed by atoms with Crippen molar-refractivity contribution in [2.45, 2.75) is 45.4 Å². The number of carbonyl (C=O) groups is 1. The number of esters is 1. The van der Waals surface area contributed by atoms with Crippen LogP contribution >= 0.6 is 0 Å². The van der Waals surface area contributed by atoms with E-state index < -0.39 is 0 Å². The molecule has 23 heavy (non-hydrogen) atoms. The molecule has 0 saturated heterocycles. The van der Waals surface area contributed by atoms with Gasteiger partial charge in [-0.15, -0.1) is 0 Å². The van der Waals surface area contributed by atoms with Crippen LogP contribution in [0.15, 0.2) is 0 Å². The van der Waals surface area contributed by atoms with Crippen molar-refractivity contribution in [1.29, 1.82) is 0 Å². The Balaban J connectivity index is 2.99. The van der Waals surface area contributed by atoms with Gasteiger partial charge in [0.05, 0.1) is 46.8 Å². The van der Waals surface area contributed by atoms with Crippen LogP contribution in [-0.2, 0) is 28.5 Å². The Morgan fingerprint density at radius 1 is 0.652 bits per heavy atom. The number of carbonyl (C=O) groups excluding carboxylic acids is 1. The molecule has 0 saturated carbocycles. The van der Waals surface area contributed by atoms with Crippen molar-refractivity contribution in [3.8, 4) is 0 Å². The van der Waals surface area contributed by atoms with Gasteiger partial charge in [-0.05, 0) is 6.42 Å². The predicted octanol–water partition coefficient (Wildman–Crippen LogP) is 2.59. The van der Waals surface area contributed by atoms with E-state index in [-0.39, 0.29) is 12.6 Å². The second kappa shape index (κ2) is 19.4. The van der Waals surface area contributed by atoms with E-state index in [0.29, 0.717) is 39.6 Å². The Hall–Kier alpha value is -0.690. The van der Waals surface area contributed by atoms with Crippen LogP contribution < -0.4 is 0 Å². The van der Waals surface area contributed by atoms with E-state index in [0.717, 1.165) is 13.0 Å². The quantitative estimate of drug-likeness (QED) is 0.284. The van der Waals surface area contributed by atoms with Crippen LogP contribution in [0.4, 0.5) is 0 Å². The Bertz CT molecular complexity index is 247. The Morgan fingerprint density at radius 2 is 1.13 bits per heavy atom. The number of methoxy groups -OCH3 is 1. The number of hydrogen-bond donors (Lipinski definition) is 0. The number of unbranched alkanes of at least 4 members (excludes halogenated alkanes) is 5. The molecule has 6 nitrogen and oxygen atoms in total. The number of ether oxygens (including phenoxy) is 5.